The van der Waals surface area contributed by atoms with Gasteiger partial charge in [0, 0.05) is 42.0 Å². The van der Waals surface area contributed by atoms with Crippen LogP contribution in [0.1, 0.15) is 26.4 Å². The van der Waals surface area contributed by atoms with Gasteiger partial charge < -0.3 is 10.2 Å². The molecule has 5 nitrogen and oxygen atoms in total. The van der Waals surface area contributed by atoms with Crippen LogP contribution in [-0.4, -0.2) is 35.8 Å². The summed E-state index contributed by atoms with van der Waals surface area (Å²) in [6, 6.07) is 12.1. The minimum atomic E-state index is -0.250. The second kappa shape index (κ2) is 7.90. The molecule has 0 atom stereocenters. The first-order chi connectivity index (χ1) is 12.8. The van der Waals surface area contributed by atoms with Crippen molar-refractivity contribution in [2.75, 3.05) is 19.4 Å². The summed E-state index contributed by atoms with van der Waals surface area (Å²) >= 11 is 7.75. The van der Waals surface area contributed by atoms with Crippen LogP contribution in [0.25, 0.3) is 10.6 Å². The zero-order chi connectivity index (χ0) is 19.6. The zero-order valence-corrected chi connectivity index (χ0v) is 16.7. The van der Waals surface area contributed by atoms with Crippen molar-refractivity contribution >= 4 is 40.4 Å². The summed E-state index contributed by atoms with van der Waals surface area (Å²) in [4.78, 5) is 30.4. The number of hydrogen-bond acceptors (Lipinski definition) is 4. The lowest BCUT2D eigenvalue weighted by molar-refractivity contribution is 0.0827. The maximum absolute atomic E-state index is 12.5. The molecule has 0 aliphatic heterocycles. The number of thiazole rings is 1. The molecule has 0 saturated carbocycles. The third-order valence-corrected chi connectivity index (χ3v) is 5.20. The second-order valence-corrected chi connectivity index (χ2v) is 7.49. The standard InChI is InChI=1S/C20H18ClN3O2S/c1-12-11-27-19(22-12)14-6-4-13(5-7-14)18(25)23-15-8-9-16(17(21)10-15)20(26)24(2)3/h4-11H,1-3H3,(H,23,25). The van der Waals surface area contributed by atoms with E-state index in [-0.39, 0.29) is 11.8 Å². The van der Waals surface area contributed by atoms with Crippen molar-refractivity contribution < 1.29 is 9.59 Å². The molecule has 0 spiro atoms. The van der Waals surface area contributed by atoms with E-state index in [4.69, 9.17) is 11.6 Å². The number of benzene rings is 2. The molecule has 27 heavy (non-hydrogen) atoms. The molecule has 138 valence electrons. The Kier molecular flexibility index (Phi) is 5.58. The van der Waals surface area contributed by atoms with Crippen molar-refractivity contribution in [2.45, 2.75) is 6.92 Å². The van der Waals surface area contributed by atoms with Crippen LogP contribution in [-0.2, 0) is 0 Å². The molecule has 2 amide bonds. The van der Waals surface area contributed by atoms with Gasteiger partial charge >= 0.3 is 0 Å². The Morgan fingerprint density at radius 1 is 1.11 bits per heavy atom. The molecule has 3 rings (SSSR count). The number of carbonyl (C=O) groups excluding carboxylic acids is 2. The van der Waals surface area contributed by atoms with Gasteiger partial charge in [0.1, 0.15) is 5.01 Å². The quantitative estimate of drug-likeness (QED) is 0.690. The molecule has 2 aromatic carbocycles. The number of aromatic nitrogens is 1. The summed E-state index contributed by atoms with van der Waals surface area (Å²) in [5.74, 6) is -0.439. The van der Waals surface area contributed by atoms with E-state index >= 15 is 0 Å². The monoisotopic (exact) mass is 399 g/mol. The van der Waals surface area contributed by atoms with Crippen LogP contribution >= 0.6 is 22.9 Å². The average molecular weight is 400 g/mol. The summed E-state index contributed by atoms with van der Waals surface area (Å²) in [5.41, 5.74) is 3.39. The van der Waals surface area contributed by atoms with Crippen LogP contribution in [0, 0.1) is 6.92 Å². The Morgan fingerprint density at radius 3 is 2.37 bits per heavy atom. The largest absolute Gasteiger partial charge is 0.345 e. The molecule has 0 aliphatic rings. The number of rotatable bonds is 4. The molecule has 0 fully saturated rings. The second-order valence-electron chi connectivity index (χ2n) is 6.22. The Labute approximate surface area is 166 Å². The van der Waals surface area contributed by atoms with E-state index in [0.29, 0.717) is 21.8 Å². The smallest absolute Gasteiger partial charge is 0.255 e. The SMILES string of the molecule is Cc1csc(-c2ccc(C(=O)Nc3ccc(C(=O)N(C)C)c(Cl)c3)cc2)n1. The van der Waals surface area contributed by atoms with Crippen LogP contribution in [0.4, 0.5) is 5.69 Å². The molecule has 1 aromatic heterocycles. The van der Waals surface area contributed by atoms with Crippen LogP contribution in [0.5, 0.6) is 0 Å². The van der Waals surface area contributed by atoms with E-state index in [2.05, 4.69) is 10.3 Å². The molecular weight excluding hydrogens is 382 g/mol. The van der Waals surface area contributed by atoms with E-state index < -0.39 is 0 Å². The molecule has 0 bridgehead atoms. The van der Waals surface area contributed by atoms with Gasteiger partial charge in [0.15, 0.2) is 0 Å². The Hall–Kier alpha value is -2.70. The van der Waals surface area contributed by atoms with E-state index in [9.17, 15) is 9.59 Å². The van der Waals surface area contributed by atoms with Crippen LogP contribution in [0.3, 0.4) is 0 Å². The van der Waals surface area contributed by atoms with Crippen molar-refractivity contribution in [1.29, 1.82) is 0 Å². The maximum atomic E-state index is 12.5. The fourth-order valence-corrected chi connectivity index (χ4v) is 3.53. The highest BCUT2D eigenvalue weighted by molar-refractivity contribution is 7.13. The molecule has 7 heteroatoms. The molecule has 0 saturated heterocycles. The number of nitrogens with zero attached hydrogens (tertiary/aromatic N) is 2. The lowest BCUT2D eigenvalue weighted by Gasteiger charge is -2.13. The van der Waals surface area contributed by atoms with Crippen LogP contribution < -0.4 is 5.32 Å². The third kappa shape index (κ3) is 4.35. The van der Waals surface area contributed by atoms with Gasteiger partial charge in [-0.25, -0.2) is 4.98 Å². The Morgan fingerprint density at radius 2 is 1.81 bits per heavy atom. The van der Waals surface area contributed by atoms with Gasteiger partial charge in [-0.15, -0.1) is 11.3 Å². The topological polar surface area (TPSA) is 62.3 Å². The Bertz CT molecular complexity index is 997. The van der Waals surface area contributed by atoms with Crippen molar-refractivity contribution in [1.82, 2.24) is 9.88 Å². The van der Waals surface area contributed by atoms with Crippen LogP contribution in [0.15, 0.2) is 47.8 Å². The number of hydrogen-bond donors (Lipinski definition) is 1. The lowest BCUT2D eigenvalue weighted by Crippen LogP contribution is -2.22. The third-order valence-electron chi connectivity index (χ3n) is 3.88. The maximum Gasteiger partial charge on any atom is 0.255 e. The first-order valence-corrected chi connectivity index (χ1v) is 9.46. The van der Waals surface area contributed by atoms with Gasteiger partial charge in [-0.3, -0.25) is 9.59 Å². The molecule has 3 aromatic rings. The van der Waals surface area contributed by atoms with Gasteiger partial charge in [-0.2, -0.15) is 0 Å². The normalized spacial score (nSPS) is 10.5. The number of nitrogens with one attached hydrogen (secondary N) is 1. The predicted molar refractivity (Wildman–Crippen MR) is 110 cm³/mol. The fourth-order valence-electron chi connectivity index (χ4n) is 2.46. The van der Waals surface area contributed by atoms with Crippen molar-refractivity contribution in [2.24, 2.45) is 0 Å². The average Bonchev–Trinajstić information content (AvgIpc) is 3.08. The minimum Gasteiger partial charge on any atom is -0.345 e. The number of anilines is 1. The van der Waals surface area contributed by atoms with Gasteiger partial charge in [-0.05, 0) is 37.3 Å². The minimum absolute atomic E-state index is 0.189. The zero-order valence-electron chi connectivity index (χ0n) is 15.1. The van der Waals surface area contributed by atoms with Gasteiger partial charge in [0.2, 0.25) is 0 Å². The number of aryl methyl sites for hydroxylation is 1. The van der Waals surface area contributed by atoms with Crippen molar-refractivity contribution in [3.8, 4) is 10.6 Å². The van der Waals surface area contributed by atoms with Gasteiger partial charge in [0.05, 0.1) is 10.6 Å². The Balaban J connectivity index is 1.73. The van der Waals surface area contributed by atoms with E-state index in [1.807, 2.05) is 24.4 Å². The highest BCUT2D eigenvalue weighted by Crippen LogP contribution is 2.25. The summed E-state index contributed by atoms with van der Waals surface area (Å²) in [5, 5.41) is 6.00. The summed E-state index contributed by atoms with van der Waals surface area (Å²) in [6.45, 7) is 1.95. The molecule has 0 unspecified atom stereocenters. The predicted octanol–water partition coefficient (Wildman–Crippen LogP) is 4.73. The highest BCUT2D eigenvalue weighted by Gasteiger charge is 2.14. The van der Waals surface area contributed by atoms with Gasteiger partial charge in [0.25, 0.3) is 11.8 Å². The summed E-state index contributed by atoms with van der Waals surface area (Å²) < 4.78 is 0. The van der Waals surface area contributed by atoms with E-state index in [0.717, 1.165) is 16.3 Å². The van der Waals surface area contributed by atoms with Gasteiger partial charge in [-0.1, -0.05) is 23.7 Å². The number of carbonyl (C=O) groups is 2. The van der Waals surface area contributed by atoms with E-state index in [1.54, 1.807) is 55.8 Å². The molecule has 0 aliphatic carbocycles. The molecule has 1 heterocycles. The fraction of sp³-hybridized carbons (Fsp3) is 0.150. The summed E-state index contributed by atoms with van der Waals surface area (Å²) in [6.07, 6.45) is 0. The first kappa shape index (κ1) is 19.1. The van der Waals surface area contributed by atoms with E-state index in [1.165, 1.54) is 4.90 Å². The molecule has 1 N–H and O–H groups in total. The van der Waals surface area contributed by atoms with Crippen molar-refractivity contribution in [3.05, 3.63) is 69.7 Å². The van der Waals surface area contributed by atoms with Crippen molar-refractivity contribution in [3.63, 3.8) is 0 Å². The first-order valence-electron chi connectivity index (χ1n) is 8.20. The highest BCUT2D eigenvalue weighted by atomic mass is 35.5. The molecule has 0 radical (unpaired) electrons. The number of amides is 2. The number of halogens is 1. The van der Waals surface area contributed by atoms with Crippen LogP contribution in [0.2, 0.25) is 5.02 Å². The summed E-state index contributed by atoms with van der Waals surface area (Å²) in [7, 11) is 3.32. The molecular formula is C20H18ClN3O2S. The lowest BCUT2D eigenvalue weighted by atomic mass is 10.1.